The third-order valence-electron chi connectivity index (χ3n) is 5.52. The molecule has 0 spiro atoms. The van der Waals surface area contributed by atoms with E-state index in [0.717, 1.165) is 37.7 Å². The molecule has 8 heteroatoms. The third kappa shape index (κ3) is 6.29. The van der Waals surface area contributed by atoms with Crippen molar-refractivity contribution in [2.24, 2.45) is 0 Å². The summed E-state index contributed by atoms with van der Waals surface area (Å²) in [6.07, 6.45) is 2.49. The minimum atomic E-state index is -5.09. The molecule has 1 fully saturated rings. The maximum absolute atomic E-state index is 13.5. The molecule has 2 aromatic rings. The number of carbonyl (C=O) groups excluding carboxylic acids is 2. The summed E-state index contributed by atoms with van der Waals surface area (Å²) >= 11 is 0. The van der Waals surface area contributed by atoms with Crippen LogP contribution in [0.1, 0.15) is 49.3 Å². The fraction of sp³-hybridized carbons (Fsp3) is 0.435. The van der Waals surface area contributed by atoms with Gasteiger partial charge >= 0.3 is 12.1 Å². The molecule has 0 radical (unpaired) electrons. The first-order valence-electron chi connectivity index (χ1n) is 10.5. The highest BCUT2D eigenvalue weighted by Crippen LogP contribution is 2.28. The number of alkyl halides is 3. The SMILES string of the molecule is O=C(NC1CCCCC1)C(c1ccncc1)N(CCc1ccccc1)C(=O)C(F)(F)F. The molecule has 5 nitrogen and oxygen atoms in total. The number of hydrogen-bond acceptors (Lipinski definition) is 3. The average molecular weight is 433 g/mol. The zero-order valence-corrected chi connectivity index (χ0v) is 17.1. The summed E-state index contributed by atoms with van der Waals surface area (Å²) < 4.78 is 40.5. The first-order valence-corrected chi connectivity index (χ1v) is 10.5. The summed E-state index contributed by atoms with van der Waals surface area (Å²) in [6.45, 7) is -0.243. The quantitative estimate of drug-likeness (QED) is 0.712. The van der Waals surface area contributed by atoms with Crippen LogP contribution >= 0.6 is 0 Å². The van der Waals surface area contributed by atoms with Gasteiger partial charge in [0.05, 0.1) is 0 Å². The smallest absolute Gasteiger partial charge is 0.351 e. The van der Waals surface area contributed by atoms with Crippen molar-refractivity contribution < 1.29 is 22.8 Å². The van der Waals surface area contributed by atoms with Gasteiger partial charge in [-0.05, 0) is 42.5 Å². The number of carbonyl (C=O) groups is 2. The normalized spacial score (nSPS) is 15.8. The molecule has 1 saturated carbocycles. The predicted octanol–water partition coefficient (Wildman–Crippen LogP) is 4.21. The molecule has 1 aliphatic carbocycles. The Morgan fingerprint density at radius 1 is 1.03 bits per heavy atom. The fourth-order valence-electron chi connectivity index (χ4n) is 3.95. The van der Waals surface area contributed by atoms with Crippen LogP contribution in [0.5, 0.6) is 0 Å². The highest BCUT2D eigenvalue weighted by atomic mass is 19.4. The van der Waals surface area contributed by atoms with Crippen molar-refractivity contribution in [1.82, 2.24) is 15.2 Å². The lowest BCUT2D eigenvalue weighted by Gasteiger charge is -2.33. The van der Waals surface area contributed by atoms with Gasteiger partial charge in [-0.1, -0.05) is 49.6 Å². The molecule has 0 aliphatic heterocycles. The molecule has 2 amide bonds. The number of amides is 2. The van der Waals surface area contributed by atoms with E-state index in [4.69, 9.17) is 0 Å². The number of hydrogen-bond donors (Lipinski definition) is 1. The zero-order valence-electron chi connectivity index (χ0n) is 17.1. The Bertz CT molecular complexity index is 853. The van der Waals surface area contributed by atoms with E-state index in [1.54, 1.807) is 30.3 Å². The highest BCUT2D eigenvalue weighted by molar-refractivity contribution is 5.90. The van der Waals surface area contributed by atoms with E-state index in [1.165, 1.54) is 24.5 Å². The van der Waals surface area contributed by atoms with Crippen LogP contribution in [0.25, 0.3) is 0 Å². The lowest BCUT2D eigenvalue weighted by molar-refractivity contribution is -0.188. The minimum Gasteiger partial charge on any atom is -0.351 e. The number of nitrogens with one attached hydrogen (secondary N) is 1. The molecule has 1 heterocycles. The average Bonchev–Trinajstić information content (AvgIpc) is 2.77. The van der Waals surface area contributed by atoms with Crippen molar-refractivity contribution in [3.05, 3.63) is 66.0 Å². The number of nitrogens with zero attached hydrogens (tertiary/aromatic N) is 2. The van der Waals surface area contributed by atoms with Crippen molar-refractivity contribution in [1.29, 1.82) is 0 Å². The standard InChI is InChI=1S/C23H26F3N3O2/c24-23(25,26)22(31)29(16-13-17-7-3-1-4-8-17)20(18-11-14-27-15-12-18)21(30)28-19-9-5-2-6-10-19/h1,3-4,7-8,11-12,14-15,19-20H,2,5-6,9-10,13,16H2,(H,28,30). The van der Waals surface area contributed by atoms with Gasteiger partial charge in [0.15, 0.2) is 0 Å². The first-order chi connectivity index (χ1) is 14.9. The van der Waals surface area contributed by atoms with Crippen molar-refractivity contribution in [3.8, 4) is 0 Å². The maximum Gasteiger partial charge on any atom is 0.471 e. The van der Waals surface area contributed by atoms with Crippen molar-refractivity contribution in [3.63, 3.8) is 0 Å². The molecule has 1 unspecified atom stereocenters. The van der Waals surface area contributed by atoms with Crippen LogP contribution in [-0.2, 0) is 16.0 Å². The lowest BCUT2D eigenvalue weighted by Crippen LogP contribution is -2.51. The maximum atomic E-state index is 13.5. The number of rotatable bonds is 7. The molecule has 0 saturated heterocycles. The Kier molecular flexibility index (Phi) is 7.65. The van der Waals surface area contributed by atoms with Crippen LogP contribution in [0.4, 0.5) is 13.2 Å². The number of pyridine rings is 1. The van der Waals surface area contributed by atoms with Crippen LogP contribution in [0.3, 0.4) is 0 Å². The zero-order chi connectivity index (χ0) is 22.3. The summed E-state index contributed by atoms with van der Waals surface area (Å²) in [5.41, 5.74) is 1.08. The molecule has 31 heavy (non-hydrogen) atoms. The van der Waals surface area contributed by atoms with Crippen LogP contribution in [0.2, 0.25) is 0 Å². The van der Waals surface area contributed by atoms with E-state index in [0.29, 0.717) is 10.5 Å². The summed E-state index contributed by atoms with van der Waals surface area (Å²) in [5, 5.41) is 2.88. The molecule has 1 N–H and O–H groups in total. The fourth-order valence-corrected chi connectivity index (χ4v) is 3.95. The van der Waals surface area contributed by atoms with Gasteiger partial charge in [-0.25, -0.2) is 0 Å². The Labute approximate surface area is 179 Å². The van der Waals surface area contributed by atoms with Gasteiger partial charge in [0.2, 0.25) is 5.91 Å². The Hall–Kier alpha value is -2.90. The highest BCUT2D eigenvalue weighted by Gasteiger charge is 2.46. The van der Waals surface area contributed by atoms with Gasteiger partial charge in [-0.2, -0.15) is 13.2 Å². The van der Waals surface area contributed by atoms with Crippen molar-refractivity contribution in [2.75, 3.05) is 6.54 Å². The first kappa shape index (κ1) is 22.8. The number of benzene rings is 1. The molecule has 1 aromatic heterocycles. The molecule has 3 rings (SSSR count). The van der Waals surface area contributed by atoms with Gasteiger partial charge in [0, 0.05) is 25.0 Å². The van der Waals surface area contributed by atoms with E-state index >= 15 is 0 Å². The van der Waals surface area contributed by atoms with Crippen molar-refractivity contribution >= 4 is 11.8 Å². The second-order valence-corrected chi connectivity index (χ2v) is 7.76. The van der Waals surface area contributed by atoms with Gasteiger partial charge in [-0.3, -0.25) is 14.6 Å². The van der Waals surface area contributed by atoms with Gasteiger partial charge in [0.25, 0.3) is 0 Å². The number of halogens is 3. The Morgan fingerprint density at radius 3 is 2.29 bits per heavy atom. The topological polar surface area (TPSA) is 62.3 Å². The van der Waals surface area contributed by atoms with Gasteiger partial charge < -0.3 is 10.2 Å². The van der Waals surface area contributed by atoms with Gasteiger partial charge in [0.1, 0.15) is 6.04 Å². The molecule has 1 aromatic carbocycles. The molecular weight excluding hydrogens is 407 g/mol. The summed E-state index contributed by atoms with van der Waals surface area (Å²) in [4.78, 5) is 30.1. The second kappa shape index (κ2) is 10.4. The molecule has 1 atom stereocenters. The minimum absolute atomic E-state index is 0.0949. The summed E-state index contributed by atoms with van der Waals surface area (Å²) in [7, 11) is 0. The largest absolute Gasteiger partial charge is 0.471 e. The van der Waals surface area contributed by atoms with Crippen molar-refractivity contribution in [2.45, 2.75) is 56.8 Å². The summed E-state index contributed by atoms with van der Waals surface area (Å²) in [6, 6.07) is 10.4. The van der Waals surface area contributed by atoms with Gasteiger partial charge in [-0.15, -0.1) is 0 Å². The van der Waals surface area contributed by atoms with E-state index < -0.39 is 24.0 Å². The number of aromatic nitrogens is 1. The molecule has 1 aliphatic rings. The third-order valence-corrected chi connectivity index (χ3v) is 5.52. The van der Waals surface area contributed by atoms with E-state index in [2.05, 4.69) is 10.3 Å². The van der Waals surface area contributed by atoms with Crippen LogP contribution in [-0.4, -0.2) is 40.5 Å². The van der Waals surface area contributed by atoms with E-state index in [-0.39, 0.29) is 19.0 Å². The monoisotopic (exact) mass is 433 g/mol. The van der Waals surface area contributed by atoms with E-state index in [1.807, 2.05) is 0 Å². The van der Waals surface area contributed by atoms with Crippen LogP contribution in [0.15, 0.2) is 54.9 Å². The lowest BCUT2D eigenvalue weighted by atomic mass is 9.94. The Balaban J connectivity index is 1.90. The summed E-state index contributed by atoms with van der Waals surface area (Å²) in [5.74, 6) is -2.62. The van der Waals surface area contributed by atoms with Crippen LogP contribution in [0, 0.1) is 0 Å². The molecular formula is C23H26F3N3O2. The molecule has 0 bridgehead atoms. The second-order valence-electron chi connectivity index (χ2n) is 7.76. The van der Waals surface area contributed by atoms with E-state index in [9.17, 15) is 22.8 Å². The molecule has 166 valence electrons. The predicted molar refractivity (Wildman–Crippen MR) is 110 cm³/mol. The van der Waals surface area contributed by atoms with Crippen LogP contribution < -0.4 is 5.32 Å². The Morgan fingerprint density at radius 2 is 1.68 bits per heavy atom.